The number of nitriles is 1. The molecule has 2 unspecified atom stereocenters. The third-order valence-electron chi connectivity index (χ3n) is 5.43. The van der Waals surface area contributed by atoms with E-state index in [1.165, 1.54) is 5.56 Å². The molecule has 0 saturated carbocycles. The predicted molar refractivity (Wildman–Crippen MR) is 112 cm³/mol. The summed E-state index contributed by atoms with van der Waals surface area (Å²) in [7, 11) is 0. The van der Waals surface area contributed by atoms with Gasteiger partial charge in [-0.15, -0.1) is 4.99 Å². The first-order chi connectivity index (χ1) is 13.1. The van der Waals surface area contributed by atoms with Gasteiger partial charge in [-0.1, -0.05) is 35.5 Å². The zero-order valence-corrected chi connectivity index (χ0v) is 17.5. The van der Waals surface area contributed by atoms with Crippen molar-refractivity contribution in [1.29, 1.82) is 5.26 Å². The Morgan fingerprint density at radius 2 is 2.04 bits per heavy atom. The molecule has 2 atom stereocenters. The van der Waals surface area contributed by atoms with Crippen LogP contribution < -0.4 is 0 Å². The monoisotopic (exact) mass is 406 g/mol. The van der Waals surface area contributed by atoms with Crippen LogP contribution in [0.15, 0.2) is 29.3 Å². The fourth-order valence-corrected chi connectivity index (χ4v) is 4.76. The molecule has 0 aliphatic carbocycles. The SMILES string of the molecule is CSC(=NC#N)N1CCC(N2CC(C)OCC2Cc2ccc(Cl)cc2)CC1. The normalized spacial score (nSPS) is 25.4. The minimum atomic E-state index is 0.270. The molecule has 2 heterocycles. The Morgan fingerprint density at radius 3 is 2.67 bits per heavy atom. The van der Waals surface area contributed by atoms with Crippen molar-refractivity contribution in [2.24, 2.45) is 4.99 Å². The van der Waals surface area contributed by atoms with Crippen LogP contribution in [0.2, 0.25) is 5.02 Å². The maximum Gasteiger partial charge on any atom is 0.208 e. The van der Waals surface area contributed by atoms with Gasteiger partial charge in [0, 0.05) is 36.7 Å². The van der Waals surface area contributed by atoms with E-state index >= 15 is 0 Å². The topological polar surface area (TPSA) is 51.9 Å². The molecular formula is C20H27ClN4OS. The molecule has 1 aromatic rings. The molecule has 0 bridgehead atoms. The van der Waals surface area contributed by atoms with E-state index in [4.69, 9.17) is 21.6 Å². The molecule has 0 amide bonds. The van der Waals surface area contributed by atoms with E-state index in [2.05, 4.69) is 33.8 Å². The van der Waals surface area contributed by atoms with E-state index in [0.29, 0.717) is 12.1 Å². The van der Waals surface area contributed by atoms with Crippen molar-refractivity contribution in [3.8, 4) is 6.19 Å². The van der Waals surface area contributed by atoms with Gasteiger partial charge in [0.15, 0.2) is 5.17 Å². The summed E-state index contributed by atoms with van der Waals surface area (Å²) < 4.78 is 5.98. The van der Waals surface area contributed by atoms with Gasteiger partial charge in [0.2, 0.25) is 6.19 Å². The Labute approximate surface area is 171 Å². The number of benzene rings is 1. The molecule has 2 saturated heterocycles. The van der Waals surface area contributed by atoms with E-state index in [1.807, 2.05) is 24.6 Å². The molecule has 7 heteroatoms. The summed E-state index contributed by atoms with van der Waals surface area (Å²) in [5.74, 6) is 0. The highest BCUT2D eigenvalue weighted by Gasteiger charge is 2.34. The number of nitrogens with zero attached hydrogens (tertiary/aromatic N) is 4. The number of halogens is 1. The number of ether oxygens (including phenoxy) is 1. The third-order valence-corrected chi connectivity index (χ3v) is 6.39. The van der Waals surface area contributed by atoms with Crippen LogP contribution >= 0.6 is 23.4 Å². The Hall–Kier alpha value is -1.26. The summed E-state index contributed by atoms with van der Waals surface area (Å²) in [5, 5.41) is 10.5. The van der Waals surface area contributed by atoms with E-state index in [-0.39, 0.29) is 6.10 Å². The summed E-state index contributed by atoms with van der Waals surface area (Å²) in [6.45, 7) is 5.81. The molecule has 27 heavy (non-hydrogen) atoms. The second-order valence-corrected chi connectivity index (χ2v) is 8.45. The summed E-state index contributed by atoms with van der Waals surface area (Å²) >= 11 is 7.58. The van der Waals surface area contributed by atoms with Gasteiger partial charge in [-0.2, -0.15) is 5.26 Å². The first-order valence-corrected chi connectivity index (χ1v) is 11.1. The van der Waals surface area contributed by atoms with Crippen LogP contribution in [0.4, 0.5) is 0 Å². The second-order valence-electron chi connectivity index (χ2n) is 7.24. The summed E-state index contributed by atoms with van der Waals surface area (Å²) in [6, 6.07) is 9.10. The van der Waals surface area contributed by atoms with Gasteiger partial charge in [-0.05, 0) is 50.1 Å². The number of rotatable bonds is 3. The first kappa shape index (κ1) is 20.5. The van der Waals surface area contributed by atoms with Crippen molar-refractivity contribution in [1.82, 2.24) is 9.80 Å². The van der Waals surface area contributed by atoms with Crippen molar-refractivity contribution in [2.75, 3.05) is 32.5 Å². The number of piperidine rings is 1. The maximum absolute atomic E-state index is 8.87. The van der Waals surface area contributed by atoms with Gasteiger partial charge in [0.1, 0.15) is 0 Å². The van der Waals surface area contributed by atoms with Crippen molar-refractivity contribution < 1.29 is 4.74 Å². The number of hydrogen-bond acceptors (Lipinski definition) is 5. The molecule has 2 fully saturated rings. The molecule has 0 aromatic heterocycles. The Kier molecular flexibility index (Phi) is 7.42. The van der Waals surface area contributed by atoms with Crippen LogP contribution in [0, 0.1) is 11.5 Å². The molecule has 2 aliphatic heterocycles. The molecule has 2 aliphatic rings. The van der Waals surface area contributed by atoms with Gasteiger partial charge in [0.25, 0.3) is 0 Å². The lowest BCUT2D eigenvalue weighted by molar-refractivity contribution is -0.0776. The Bertz CT molecular complexity index is 682. The quantitative estimate of drug-likeness (QED) is 0.435. The minimum absolute atomic E-state index is 0.270. The highest BCUT2D eigenvalue weighted by Crippen LogP contribution is 2.26. The predicted octanol–water partition coefficient (Wildman–Crippen LogP) is 3.64. The Morgan fingerprint density at radius 1 is 1.33 bits per heavy atom. The molecule has 5 nitrogen and oxygen atoms in total. The van der Waals surface area contributed by atoms with E-state index in [0.717, 1.165) is 55.7 Å². The van der Waals surface area contributed by atoms with Gasteiger partial charge in [-0.3, -0.25) is 4.90 Å². The molecule has 0 spiro atoms. The van der Waals surface area contributed by atoms with Crippen LogP contribution in [0.25, 0.3) is 0 Å². The summed E-state index contributed by atoms with van der Waals surface area (Å²) in [6.07, 6.45) is 7.34. The van der Waals surface area contributed by atoms with Gasteiger partial charge in [-0.25, -0.2) is 0 Å². The maximum atomic E-state index is 8.87. The van der Waals surface area contributed by atoms with Gasteiger partial charge < -0.3 is 9.64 Å². The lowest BCUT2D eigenvalue weighted by Crippen LogP contribution is -2.57. The first-order valence-electron chi connectivity index (χ1n) is 9.48. The summed E-state index contributed by atoms with van der Waals surface area (Å²) in [5.41, 5.74) is 1.30. The average molecular weight is 407 g/mol. The number of thioether (sulfide) groups is 1. The highest BCUT2D eigenvalue weighted by atomic mass is 35.5. The van der Waals surface area contributed by atoms with Crippen molar-refractivity contribution in [2.45, 2.75) is 44.4 Å². The molecule has 0 radical (unpaired) electrons. The smallest absolute Gasteiger partial charge is 0.208 e. The lowest BCUT2D eigenvalue weighted by Gasteiger charge is -2.46. The van der Waals surface area contributed by atoms with Crippen molar-refractivity contribution >= 4 is 28.5 Å². The number of likely N-dealkylation sites (tertiary alicyclic amines) is 1. The molecular weight excluding hydrogens is 380 g/mol. The fourth-order valence-electron chi connectivity index (χ4n) is 4.06. The van der Waals surface area contributed by atoms with Crippen LogP contribution in [0.1, 0.15) is 25.3 Å². The lowest BCUT2D eigenvalue weighted by atomic mass is 9.96. The summed E-state index contributed by atoms with van der Waals surface area (Å²) in [4.78, 5) is 8.85. The average Bonchev–Trinajstić information content (AvgIpc) is 2.69. The Balaban J connectivity index is 1.64. The zero-order chi connectivity index (χ0) is 19.2. The number of morpholine rings is 1. The largest absolute Gasteiger partial charge is 0.376 e. The van der Waals surface area contributed by atoms with Crippen LogP contribution in [0.3, 0.4) is 0 Å². The van der Waals surface area contributed by atoms with Crippen molar-refractivity contribution in [3.05, 3.63) is 34.9 Å². The van der Waals surface area contributed by atoms with E-state index < -0.39 is 0 Å². The van der Waals surface area contributed by atoms with Crippen LogP contribution in [-0.2, 0) is 11.2 Å². The molecule has 1 aromatic carbocycles. The number of hydrogen-bond donors (Lipinski definition) is 0. The molecule has 3 rings (SSSR count). The molecule has 146 valence electrons. The standard InChI is InChI=1S/C20H27ClN4OS/c1-15-12-25(18-7-9-24(10-8-18)20(27-2)23-14-22)19(13-26-15)11-16-3-5-17(21)6-4-16/h3-6,15,18-19H,7-13H2,1-2H3. The second kappa shape index (κ2) is 9.79. The minimum Gasteiger partial charge on any atom is -0.376 e. The third kappa shape index (κ3) is 5.39. The number of aliphatic imine (C=N–C) groups is 1. The highest BCUT2D eigenvalue weighted by molar-refractivity contribution is 8.13. The zero-order valence-electron chi connectivity index (χ0n) is 16.0. The van der Waals surface area contributed by atoms with Gasteiger partial charge in [0.05, 0.1) is 12.7 Å². The van der Waals surface area contributed by atoms with Crippen molar-refractivity contribution in [3.63, 3.8) is 0 Å². The molecule has 0 N–H and O–H groups in total. The van der Waals surface area contributed by atoms with Gasteiger partial charge >= 0.3 is 0 Å². The van der Waals surface area contributed by atoms with E-state index in [1.54, 1.807) is 11.8 Å². The van der Waals surface area contributed by atoms with Crippen LogP contribution in [-0.4, -0.2) is 65.7 Å². The fraction of sp³-hybridized carbons (Fsp3) is 0.600. The van der Waals surface area contributed by atoms with E-state index in [9.17, 15) is 0 Å². The van der Waals surface area contributed by atoms with Crippen LogP contribution in [0.5, 0.6) is 0 Å². The number of amidine groups is 1.